The van der Waals surface area contributed by atoms with Gasteiger partial charge in [-0.25, -0.2) is 19.6 Å². The zero-order valence-electron chi connectivity index (χ0n) is 28.5. The summed E-state index contributed by atoms with van der Waals surface area (Å²) in [6.45, 7) is 7.26. The lowest BCUT2D eigenvalue weighted by Crippen LogP contribution is -2.48. The number of benzene rings is 4. The molecule has 2 aliphatic heterocycles. The molecule has 0 saturated carbocycles. The number of fused-ring (bicyclic) bond motifs is 2. The summed E-state index contributed by atoms with van der Waals surface area (Å²) in [7, 11) is 0. The number of H-pyrrole nitrogens is 2. The van der Waals surface area contributed by atoms with Gasteiger partial charge in [-0.05, 0) is 104 Å². The second-order valence-electron chi connectivity index (χ2n) is 14.5. The minimum Gasteiger partial charge on any atom is -0.465 e. The normalized spacial score (nSPS) is 18.0. The van der Waals surface area contributed by atoms with Gasteiger partial charge in [-0.3, -0.25) is 4.90 Å². The van der Waals surface area contributed by atoms with Crippen molar-refractivity contribution in [3.8, 4) is 33.4 Å². The summed E-state index contributed by atoms with van der Waals surface area (Å²) in [6, 6.07) is 29.3. The molecule has 4 aromatic carbocycles. The van der Waals surface area contributed by atoms with Gasteiger partial charge in [-0.1, -0.05) is 60.7 Å². The minimum absolute atomic E-state index is 0.0448. The Morgan fingerprint density at radius 3 is 1.50 bits per heavy atom. The number of amides is 3. The summed E-state index contributed by atoms with van der Waals surface area (Å²) in [4.78, 5) is 44.5. The van der Waals surface area contributed by atoms with E-state index in [1.807, 2.05) is 37.8 Å². The maximum atomic E-state index is 13.0. The van der Waals surface area contributed by atoms with Gasteiger partial charge >= 0.3 is 12.1 Å². The van der Waals surface area contributed by atoms with E-state index in [2.05, 4.69) is 88.1 Å². The molecule has 2 aromatic heterocycles. The molecule has 0 spiro atoms. The zero-order valence-corrected chi connectivity index (χ0v) is 28.5. The zero-order chi connectivity index (χ0) is 34.6. The number of carbonyl (C=O) groups excluding carboxylic acids is 1. The number of aromatic amines is 2. The van der Waals surface area contributed by atoms with E-state index in [-0.39, 0.29) is 23.7 Å². The molecule has 0 aliphatic carbocycles. The van der Waals surface area contributed by atoms with E-state index in [1.165, 1.54) is 4.90 Å². The van der Waals surface area contributed by atoms with Crippen molar-refractivity contribution >= 4 is 34.2 Å². The van der Waals surface area contributed by atoms with Crippen LogP contribution in [0.25, 0.3) is 55.4 Å². The van der Waals surface area contributed by atoms with Crippen LogP contribution in [0.4, 0.5) is 9.59 Å². The van der Waals surface area contributed by atoms with Gasteiger partial charge in [0, 0.05) is 18.6 Å². The summed E-state index contributed by atoms with van der Waals surface area (Å²) in [5.74, 6) is 1.55. The number of carboxylic acid groups (broad SMARTS) is 1. The fourth-order valence-corrected chi connectivity index (χ4v) is 7.41. The van der Waals surface area contributed by atoms with Crippen molar-refractivity contribution < 1.29 is 14.7 Å². The molecule has 0 bridgehead atoms. The van der Waals surface area contributed by atoms with Gasteiger partial charge in [0.25, 0.3) is 0 Å². The summed E-state index contributed by atoms with van der Waals surface area (Å²) < 4.78 is 0. The number of urea groups is 1. The van der Waals surface area contributed by atoms with Gasteiger partial charge in [-0.2, -0.15) is 0 Å². The van der Waals surface area contributed by atoms with Crippen molar-refractivity contribution in [1.29, 1.82) is 0 Å². The lowest BCUT2D eigenvalue weighted by atomic mass is 9.98. The Hall–Kier alpha value is -5.64. The molecule has 50 heavy (non-hydrogen) atoms. The molecule has 2 saturated heterocycles. The minimum atomic E-state index is -0.899. The van der Waals surface area contributed by atoms with Crippen LogP contribution in [0.3, 0.4) is 0 Å². The maximum absolute atomic E-state index is 13.0. The van der Waals surface area contributed by atoms with Crippen LogP contribution in [0.2, 0.25) is 0 Å². The quantitative estimate of drug-likeness (QED) is 0.146. The highest BCUT2D eigenvalue weighted by atomic mass is 16.4. The van der Waals surface area contributed by atoms with Crippen molar-refractivity contribution in [2.45, 2.75) is 64.1 Å². The Morgan fingerprint density at radius 1 is 0.660 bits per heavy atom. The standard InChI is InChI=1S/C40H41N7O3/c1-40(2,3)45-38(48)46-20-4-6-34(46)36-41-30-18-16-28(22-32(30)43-36)26-12-8-24(9-13-26)25-10-14-27(15-11-25)29-17-19-31-33(23-29)44-37(42-31)35-7-5-21-47(35)39(49)50/h8-19,22-23,34-35H,4-7,20-21H2,1-3H3,(H,41,43)(H,42,44)(H,45,48)(H,49,50). The lowest BCUT2D eigenvalue weighted by molar-refractivity contribution is 0.139. The first-order valence-corrected chi connectivity index (χ1v) is 17.4. The number of imidazole rings is 2. The first-order chi connectivity index (χ1) is 24.1. The van der Waals surface area contributed by atoms with Crippen molar-refractivity contribution in [3.05, 3.63) is 96.6 Å². The monoisotopic (exact) mass is 667 g/mol. The Morgan fingerprint density at radius 2 is 1.06 bits per heavy atom. The number of aromatic nitrogens is 4. The summed E-state index contributed by atoms with van der Waals surface area (Å²) in [5, 5.41) is 12.7. The molecule has 0 radical (unpaired) electrons. The number of carbonyl (C=O) groups is 2. The van der Waals surface area contributed by atoms with Gasteiger partial charge in [0.1, 0.15) is 11.6 Å². The van der Waals surface area contributed by atoms with E-state index >= 15 is 0 Å². The van der Waals surface area contributed by atoms with Crippen molar-refractivity contribution in [2.24, 2.45) is 0 Å². The number of nitrogens with zero attached hydrogens (tertiary/aromatic N) is 4. The predicted molar refractivity (Wildman–Crippen MR) is 196 cm³/mol. The third-order valence-corrected chi connectivity index (χ3v) is 9.90. The second kappa shape index (κ2) is 12.4. The number of hydrogen-bond acceptors (Lipinski definition) is 4. The van der Waals surface area contributed by atoms with Crippen LogP contribution in [0, 0.1) is 0 Å². The first kappa shape index (κ1) is 31.6. The molecule has 2 fully saturated rings. The van der Waals surface area contributed by atoms with Crippen molar-refractivity contribution in [1.82, 2.24) is 35.1 Å². The van der Waals surface area contributed by atoms with Crippen LogP contribution in [0.5, 0.6) is 0 Å². The number of rotatable bonds is 5. The molecule has 6 aromatic rings. The second-order valence-corrected chi connectivity index (χ2v) is 14.5. The number of nitrogens with one attached hydrogen (secondary N) is 3. The Bertz CT molecular complexity index is 2210. The predicted octanol–water partition coefficient (Wildman–Crippen LogP) is 8.90. The third kappa shape index (κ3) is 6.06. The highest BCUT2D eigenvalue weighted by Crippen LogP contribution is 2.35. The fourth-order valence-electron chi connectivity index (χ4n) is 7.41. The van der Waals surface area contributed by atoms with E-state index in [0.29, 0.717) is 12.4 Å². The maximum Gasteiger partial charge on any atom is 0.407 e. The van der Waals surface area contributed by atoms with E-state index in [0.717, 1.165) is 93.5 Å². The summed E-state index contributed by atoms with van der Waals surface area (Å²) in [5.41, 5.74) is 9.96. The average Bonchev–Trinajstić information content (AvgIpc) is 3.92. The summed E-state index contributed by atoms with van der Waals surface area (Å²) >= 11 is 0. The fraction of sp³-hybridized carbons (Fsp3) is 0.300. The van der Waals surface area contributed by atoms with Crippen LogP contribution in [0.15, 0.2) is 84.9 Å². The largest absolute Gasteiger partial charge is 0.465 e. The molecule has 2 atom stereocenters. The number of hydrogen-bond donors (Lipinski definition) is 4. The Kier molecular flexibility index (Phi) is 7.81. The Balaban J connectivity index is 0.971. The molecule has 10 nitrogen and oxygen atoms in total. The molecule has 4 heterocycles. The van der Waals surface area contributed by atoms with Gasteiger partial charge in [0.2, 0.25) is 0 Å². The van der Waals surface area contributed by atoms with Crippen LogP contribution >= 0.6 is 0 Å². The lowest BCUT2D eigenvalue weighted by Gasteiger charge is -2.28. The average molecular weight is 668 g/mol. The number of likely N-dealkylation sites (tertiary alicyclic amines) is 2. The molecular formula is C40H41N7O3. The molecule has 2 unspecified atom stereocenters. The van der Waals surface area contributed by atoms with Crippen LogP contribution < -0.4 is 5.32 Å². The van der Waals surface area contributed by atoms with Crippen LogP contribution in [0.1, 0.15) is 70.2 Å². The topological polar surface area (TPSA) is 130 Å². The van der Waals surface area contributed by atoms with Gasteiger partial charge in [0.15, 0.2) is 0 Å². The van der Waals surface area contributed by atoms with E-state index in [4.69, 9.17) is 9.97 Å². The molecule has 10 heteroatoms. The molecule has 254 valence electrons. The molecule has 3 amide bonds. The van der Waals surface area contributed by atoms with Crippen LogP contribution in [-0.2, 0) is 0 Å². The van der Waals surface area contributed by atoms with E-state index in [9.17, 15) is 14.7 Å². The highest BCUT2D eigenvalue weighted by Gasteiger charge is 2.34. The Labute approximate surface area is 290 Å². The molecule has 2 aliphatic rings. The smallest absolute Gasteiger partial charge is 0.407 e. The van der Waals surface area contributed by atoms with E-state index in [1.54, 1.807) is 0 Å². The molecule has 8 rings (SSSR count). The summed E-state index contributed by atoms with van der Waals surface area (Å²) in [6.07, 6.45) is 2.57. The van der Waals surface area contributed by atoms with E-state index < -0.39 is 6.09 Å². The van der Waals surface area contributed by atoms with Gasteiger partial charge < -0.3 is 25.3 Å². The molecule has 4 N–H and O–H groups in total. The SMILES string of the molecule is CC(C)(C)NC(=O)N1CCCC1c1nc2ccc(-c3ccc(-c4ccc(-c5ccc6nc(C7CCCN7C(=O)O)[nH]c6c5)cc4)cc3)cc2[nH]1. The first-order valence-electron chi connectivity index (χ1n) is 17.4. The van der Waals surface area contributed by atoms with Crippen molar-refractivity contribution in [2.75, 3.05) is 13.1 Å². The van der Waals surface area contributed by atoms with Crippen LogP contribution in [-0.4, -0.2) is 65.6 Å². The highest BCUT2D eigenvalue weighted by molar-refractivity contribution is 5.84. The van der Waals surface area contributed by atoms with Gasteiger partial charge in [-0.15, -0.1) is 0 Å². The van der Waals surface area contributed by atoms with Crippen molar-refractivity contribution in [3.63, 3.8) is 0 Å². The third-order valence-electron chi connectivity index (χ3n) is 9.90. The van der Waals surface area contributed by atoms with Gasteiger partial charge in [0.05, 0.1) is 34.2 Å². The molecular weight excluding hydrogens is 626 g/mol.